The topological polar surface area (TPSA) is 140 Å². The van der Waals surface area contributed by atoms with Gasteiger partial charge in [-0.2, -0.15) is 0 Å². The maximum atomic E-state index is 13.6. The Labute approximate surface area is 245 Å². The van der Waals surface area contributed by atoms with Gasteiger partial charge in [0.15, 0.2) is 0 Å². The third-order valence-electron chi connectivity index (χ3n) is 7.10. The number of hydrogen-bond acceptors (Lipinski definition) is 7. The van der Waals surface area contributed by atoms with E-state index in [1.165, 1.54) is 0 Å². The van der Waals surface area contributed by atoms with Gasteiger partial charge in [0.05, 0.1) is 12.2 Å². The lowest BCUT2D eigenvalue weighted by atomic mass is 10.0. The summed E-state index contributed by atoms with van der Waals surface area (Å²) in [5, 5.41) is 27.9. The number of benzene rings is 3. The number of phenols is 2. The number of aromatic hydroxyl groups is 2. The minimum atomic E-state index is -0.873. The van der Waals surface area contributed by atoms with Crippen LogP contribution in [-0.4, -0.2) is 64.8 Å². The molecule has 0 bridgehead atoms. The lowest BCUT2D eigenvalue weighted by Crippen LogP contribution is -2.53. The Balaban J connectivity index is 1.41. The molecule has 1 fully saturated rings. The SMILES string of the molecule is CCOC(=O)c1ccc(NC(=O)N[C@@H](Cc2ccc(O)cc2)C(=O)NC2CCCCN(Cc3ccc(O)cc3)C2)cc1. The average Bonchev–Trinajstić information content (AvgIpc) is 3.20. The van der Waals surface area contributed by atoms with Crippen molar-refractivity contribution >= 4 is 23.6 Å². The molecule has 42 heavy (non-hydrogen) atoms. The van der Waals surface area contributed by atoms with Crippen molar-refractivity contribution in [1.82, 2.24) is 15.5 Å². The summed E-state index contributed by atoms with van der Waals surface area (Å²) in [6, 6.07) is 18.4. The zero-order valence-corrected chi connectivity index (χ0v) is 23.7. The van der Waals surface area contributed by atoms with Crippen LogP contribution < -0.4 is 16.0 Å². The molecule has 1 heterocycles. The van der Waals surface area contributed by atoms with Crippen LogP contribution in [0.2, 0.25) is 0 Å². The van der Waals surface area contributed by atoms with E-state index >= 15 is 0 Å². The number of rotatable bonds is 10. The standard InChI is InChI=1S/C32H38N4O6/c1-2-42-31(40)24-10-12-25(13-11-24)34-32(41)35-29(19-22-6-14-27(37)15-7-22)30(39)33-26-5-3-4-18-36(21-26)20-23-8-16-28(38)17-9-23/h6-17,26,29,37-38H,2-5,18-21H2,1H3,(H,33,39)(H2,34,35,41)/t26?,29-/m0/s1. The molecular weight excluding hydrogens is 536 g/mol. The molecule has 0 spiro atoms. The fraction of sp³-hybridized carbons (Fsp3) is 0.344. The minimum absolute atomic E-state index is 0.0975. The van der Waals surface area contributed by atoms with E-state index < -0.39 is 18.0 Å². The molecular formula is C32H38N4O6. The smallest absolute Gasteiger partial charge is 0.338 e. The Bertz CT molecular complexity index is 1330. The first-order valence-corrected chi connectivity index (χ1v) is 14.2. The van der Waals surface area contributed by atoms with Crippen molar-refractivity contribution in [3.05, 3.63) is 89.5 Å². The van der Waals surface area contributed by atoms with Gasteiger partial charge < -0.3 is 30.9 Å². The zero-order valence-electron chi connectivity index (χ0n) is 23.7. The molecule has 0 saturated carbocycles. The van der Waals surface area contributed by atoms with Gasteiger partial charge in [-0.25, -0.2) is 9.59 Å². The molecule has 3 aromatic rings. The van der Waals surface area contributed by atoms with Gasteiger partial charge in [-0.1, -0.05) is 30.7 Å². The summed E-state index contributed by atoms with van der Waals surface area (Å²) in [5.41, 5.74) is 2.69. The van der Waals surface area contributed by atoms with Crippen molar-refractivity contribution in [1.29, 1.82) is 0 Å². The van der Waals surface area contributed by atoms with Crippen LogP contribution in [-0.2, 0) is 22.5 Å². The van der Waals surface area contributed by atoms with Gasteiger partial charge in [0.1, 0.15) is 17.5 Å². The van der Waals surface area contributed by atoms with Gasteiger partial charge in [0.2, 0.25) is 5.91 Å². The van der Waals surface area contributed by atoms with Gasteiger partial charge in [0.25, 0.3) is 0 Å². The Kier molecular flexibility index (Phi) is 10.8. The molecule has 1 aliphatic heterocycles. The molecule has 0 radical (unpaired) electrons. The number of anilines is 1. The number of phenolic OH excluding ortho intramolecular Hbond substituents is 2. The van der Waals surface area contributed by atoms with E-state index in [9.17, 15) is 24.6 Å². The molecule has 10 heteroatoms. The highest BCUT2D eigenvalue weighted by Gasteiger charge is 2.26. The quantitative estimate of drug-likeness (QED) is 0.229. The van der Waals surface area contributed by atoms with E-state index in [1.807, 2.05) is 12.1 Å². The van der Waals surface area contributed by atoms with Crippen molar-refractivity contribution in [3.8, 4) is 11.5 Å². The monoisotopic (exact) mass is 574 g/mol. The maximum absolute atomic E-state index is 13.6. The molecule has 0 aliphatic carbocycles. The lowest BCUT2D eigenvalue weighted by Gasteiger charge is -2.27. The highest BCUT2D eigenvalue weighted by atomic mass is 16.5. The van der Waals surface area contributed by atoms with Gasteiger partial charge in [-0.05, 0) is 86.0 Å². The predicted molar refractivity (Wildman–Crippen MR) is 159 cm³/mol. The van der Waals surface area contributed by atoms with Crippen LogP contribution in [0, 0.1) is 0 Å². The molecule has 2 atom stereocenters. The molecule has 0 aromatic heterocycles. The van der Waals surface area contributed by atoms with E-state index in [1.54, 1.807) is 67.6 Å². The van der Waals surface area contributed by atoms with Crippen LogP contribution in [0.4, 0.5) is 10.5 Å². The van der Waals surface area contributed by atoms with Gasteiger partial charge in [-0.3, -0.25) is 9.69 Å². The summed E-state index contributed by atoms with van der Waals surface area (Å²) < 4.78 is 4.99. The highest BCUT2D eigenvalue weighted by molar-refractivity contribution is 5.95. The third kappa shape index (κ3) is 9.24. The Morgan fingerprint density at radius 3 is 2.19 bits per heavy atom. The third-order valence-corrected chi connectivity index (χ3v) is 7.10. The number of amides is 3. The van der Waals surface area contributed by atoms with Crippen LogP contribution in [0.25, 0.3) is 0 Å². The number of urea groups is 1. The minimum Gasteiger partial charge on any atom is -0.508 e. The molecule has 1 aliphatic rings. The van der Waals surface area contributed by atoms with Crippen LogP contribution in [0.5, 0.6) is 11.5 Å². The zero-order chi connectivity index (χ0) is 29.9. The second-order valence-electron chi connectivity index (χ2n) is 10.4. The van der Waals surface area contributed by atoms with E-state index in [-0.39, 0.29) is 36.5 Å². The van der Waals surface area contributed by atoms with Crippen molar-refractivity contribution < 1.29 is 29.3 Å². The van der Waals surface area contributed by atoms with Crippen LogP contribution >= 0.6 is 0 Å². The largest absolute Gasteiger partial charge is 0.508 e. The Morgan fingerprint density at radius 2 is 1.55 bits per heavy atom. The van der Waals surface area contributed by atoms with Crippen molar-refractivity contribution in [3.63, 3.8) is 0 Å². The average molecular weight is 575 g/mol. The molecule has 3 amide bonds. The van der Waals surface area contributed by atoms with Crippen molar-refractivity contribution in [2.75, 3.05) is 25.0 Å². The number of ether oxygens (including phenoxy) is 1. The summed E-state index contributed by atoms with van der Waals surface area (Å²) in [7, 11) is 0. The number of carbonyl (C=O) groups is 3. The first-order valence-electron chi connectivity index (χ1n) is 14.2. The fourth-order valence-corrected chi connectivity index (χ4v) is 4.95. The van der Waals surface area contributed by atoms with E-state index in [0.29, 0.717) is 24.3 Å². The van der Waals surface area contributed by atoms with Gasteiger partial charge in [-0.15, -0.1) is 0 Å². The fourth-order valence-electron chi connectivity index (χ4n) is 4.95. The first kappa shape index (κ1) is 30.4. The summed E-state index contributed by atoms with van der Waals surface area (Å²) in [6.45, 7) is 4.27. The van der Waals surface area contributed by atoms with Crippen molar-refractivity contribution in [2.45, 2.75) is 51.2 Å². The molecule has 3 aromatic carbocycles. The van der Waals surface area contributed by atoms with Crippen LogP contribution in [0.15, 0.2) is 72.8 Å². The van der Waals surface area contributed by atoms with Gasteiger partial charge in [0, 0.05) is 31.2 Å². The van der Waals surface area contributed by atoms with Crippen molar-refractivity contribution in [2.24, 2.45) is 0 Å². The van der Waals surface area contributed by atoms with E-state index in [4.69, 9.17) is 4.74 Å². The molecule has 4 rings (SSSR count). The Morgan fingerprint density at radius 1 is 0.905 bits per heavy atom. The number of carbonyl (C=O) groups excluding carboxylic acids is 3. The summed E-state index contributed by atoms with van der Waals surface area (Å²) in [6.07, 6.45) is 3.03. The summed E-state index contributed by atoms with van der Waals surface area (Å²) in [5.74, 6) is -0.403. The van der Waals surface area contributed by atoms with Crippen LogP contribution in [0.3, 0.4) is 0 Å². The number of nitrogens with one attached hydrogen (secondary N) is 3. The normalized spacial score (nSPS) is 16.1. The highest BCUT2D eigenvalue weighted by Crippen LogP contribution is 2.17. The lowest BCUT2D eigenvalue weighted by molar-refractivity contribution is -0.123. The summed E-state index contributed by atoms with van der Waals surface area (Å²) in [4.78, 5) is 40.7. The summed E-state index contributed by atoms with van der Waals surface area (Å²) >= 11 is 0. The number of esters is 1. The van der Waals surface area contributed by atoms with E-state index in [0.717, 1.165) is 36.9 Å². The number of nitrogens with zero attached hydrogens (tertiary/aromatic N) is 1. The van der Waals surface area contributed by atoms with E-state index in [2.05, 4.69) is 20.9 Å². The number of likely N-dealkylation sites (tertiary alicyclic amines) is 1. The molecule has 1 unspecified atom stereocenters. The predicted octanol–water partition coefficient (Wildman–Crippen LogP) is 4.18. The molecule has 10 nitrogen and oxygen atoms in total. The van der Waals surface area contributed by atoms with Crippen LogP contribution in [0.1, 0.15) is 47.7 Å². The Hall–Kier alpha value is -4.57. The van der Waals surface area contributed by atoms with Gasteiger partial charge >= 0.3 is 12.0 Å². The molecule has 1 saturated heterocycles. The number of hydrogen-bond donors (Lipinski definition) is 5. The maximum Gasteiger partial charge on any atom is 0.338 e. The second-order valence-corrected chi connectivity index (χ2v) is 10.4. The molecule has 222 valence electrons. The second kappa shape index (κ2) is 14.9. The molecule has 5 N–H and O–H groups in total. The first-order chi connectivity index (χ1) is 20.3.